The van der Waals surface area contributed by atoms with Crippen LogP contribution in [0, 0.1) is 0 Å². The number of rotatable bonds is 5. The van der Waals surface area contributed by atoms with Gasteiger partial charge in [-0.1, -0.05) is 176 Å². The first kappa shape index (κ1) is 20.9. The van der Waals surface area contributed by atoms with Crippen LogP contribution in [0.2, 0.25) is 0 Å². The smallest absolute Gasteiger partial charge is 0.136 e. The molecule has 256 valence electrons. The summed E-state index contributed by atoms with van der Waals surface area (Å²) in [5.74, 6) is 0. The summed E-state index contributed by atoms with van der Waals surface area (Å²) >= 11 is 0. The van der Waals surface area contributed by atoms with Gasteiger partial charge in [-0.2, -0.15) is 0 Å². The van der Waals surface area contributed by atoms with Gasteiger partial charge in [-0.3, -0.25) is 0 Å². The Labute approximate surface area is 337 Å². The molecule has 1 aromatic heterocycles. The van der Waals surface area contributed by atoms with Crippen LogP contribution in [-0.4, -0.2) is 0 Å². The molecular formula is C54H34O. The highest BCUT2D eigenvalue weighted by Crippen LogP contribution is 2.49. The van der Waals surface area contributed by atoms with Crippen molar-refractivity contribution in [3.63, 3.8) is 0 Å². The van der Waals surface area contributed by atoms with Crippen molar-refractivity contribution in [2.24, 2.45) is 0 Å². The Hall–Kier alpha value is -7.22. The molecule has 0 atom stereocenters. The molecule has 0 spiro atoms. The van der Waals surface area contributed by atoms with E-state index in [1.807, 2.05) is 121 Å². The normalized spacial score (nSPS) is 14.9. The molecule has 1 heteroatoms. The molecule has 0 aliphatic carbocycles. The van der Waals surface area contributed by atoms with E-state index in [0.717, 1.165) is 38.6 Å². The number of hydrogen-bond donors (Lipinski definition) is 0. The quantitative estimate of drug-likeness (QED) is 0.162. The van der Waals surface area contributed by atoms with Gasteiger partial charge in [0.25, 0.3) is 0 Å². The maximum atomic E-state index is 9.64. The van der Waals surface area contributed by atoms with Gasteiger partial charge in [-0.05, 0) is 113 Å². The summed E-state index contributed by atoms with van der Waals surface area (Å²) in [5.41, 5.74) is 6.09. The Morgan fingerprint density at radius 2 is 0.945 bits per heavy atom. The van der Waals surface area contributed by atoms with Crippen molar-refractivity contribution in [1.82, 2.24) is 0 Å². The lowest BCUT2D eigenvalue weighted by atomic mass is 9.82. The number of furan rings is 1. The Bertz CT molecular complexity index is 3900. The summed E-state index contributed by atoms with van der Waals surface area (Å²) in [6.45, 7) is 0. The molecule has 0 aliphatic rings. The van der Waals surface area contributed by atoms with E-state index in [1.165, 1.54) is 0 Å². The predicted molar refractivity (Wildman–Crippen MR) is 233 cm³/mol. The third-order valence-electron chi connectivity index (χ3n) is 10.4. The van der Waals surface area contributed by atoms with Gasteiger partial charge in [0, 0.05) is 16.3 Å². The van der Waals surface area contributed by atoms with Gasteiger partial charge in [0.2, 0.25) is 0 Å². The molecule has 0 saturated heterocycles. The monoisotopic (exact) mass is 711 g/mol. The van der Waals surface area contributed by atoms with Crippen LogP contribution in [0.1, 0.15) is 17.8 Å². The summed E-state index contributed by atoms with van der Waals surface area (Å²) in [4.78, 5) is 0. The highest BCUT2D eigenvalue weighted by atomic mass is 16.3. The van der Waals surface area contributed by atoms with E-state index in [0.29, 0.717) is 33.1 Å². The van der Waals surface area contributed by atoms with Crippen LogP contribution < -0.4 is 0 Å². The topological polar surface area (TPSA) is 13.1 Å². The van der Waals surface area contributed by atoms with Crippen molar-refractivity contribution >= 4 is 54.3 Å². The van der Waals surface area contributed by atoms with Crippen LogP contribution in [0.25, 0.3) is 110 Å². The molecule has 10 aromatic carbocycles. The van der Waals surface area contributed by atoms with Crippen molar-refractivity contribution in [3.8, 4) is 55.6 Å². The maximum Gasteiger partial charge on any atom is 0.136 e. The second-order valence-electron chi connectivity index (χ2n) is 13.4. The fourth-order valence-corrected chi connectivity index (χ4v) is 8.04. The summed E-state index contributed by atoms with van der Waals surface area (Å²) in [5, 5.41) is 2.10. The number of fused-ring (bicyclic) bond motifs is 6. The fraction of sp³-hybridized carbons (Fsp3) is 0. The van der Waals surface area contributed by atoms with E-state index in [9.17, 15) is 5.48 Å². The first-order chi connectivity index (χ1) is 32.7. The van der Waals surface area contributed by atoms with Gasteiger partial charge >= 0.3 is 0 Å². The number of para-hydroxylation sites is 1. The molecule has 0 saturated carbocycles. The van der Waals surface area contributed by atoms with Gasteiger partial charge in [0.15, 0.2) is 0 Å². The molecule has 1 heterocycles. The molecule has 55 heavy (non-hydrogen) atoms. The van der Waals surface area contributed by atoms with Gasteiger partial charge in [-0.15, -0.1) is 0 Å². The van der Waals surface area contributed by atoms with Crippen molar-refractivity contribution in [2.45, 2.75) is 0 Å². The number of hydrogen-bond acceptors (Lipinski definition) is 1. The average molecular weight is 712 g/mol. The third-order valence-corrected chi connectivity index (χ3v) is 10.4. The molecular weight excluding hydrogens is 665 g/mol. The fourth-order valence-electron chi connectivity index (χ4n) is 8.04. The van der Waals surface area contributed by atoms with E-state index in [-0.39, 0.29) is 32.7 Å². The molecule has 0 aliphatic heterocycles. The van der Waals surface area contributed by atoms with Crippen LogP contribution in [0.15, 0.2) is 210 Å². The largest absolute Gasteiger partial charge is 0.456 e. The Morgan fingerprint density at radius 3 is 1.71 bits per heavy atom. The second kappa shape index (κ2) is 12.7. The lowest BCUT2D eigenvalue weighted by molar-refractivity contribution is 0.669. The summed E-state index contributed by atoms with van der Waals surface area (Å²) < 4.78 is 125. The molecule has 0 unspecified atom stereocenters. The van der Waals surface area contributed by atoms with E-state index >= 15 is 0 Å². The number of benzene rings is 10. The molecule has 11 rings (SSSR count). The molecule has 0 bridgehead atoms. The highest BCUT2D eigenvalue weighted by molar-refractivity contribution is 6.24. The Balaban J connectivity index is 1.37. The summed E-state index contributed by atoms with van der Waals surface area (Å²) in [6, 6.07) is 32.7. The van der Waals surface area contributed by atoms with Crippen molar-refractivity contribution in [1.29, 1.82) is 0 Å². The minimum Gasteiger partial charge on any atom is -0.456 e. The molecule has 0 amide bonds. The Morgan fingerprint density at radius 1 is 0.327 bits per heavy atom. The Kier molecular flexibility index (Phi) is 4.83. The minimum absolute atomic E-state index is 0.0556. The lowest BCUT2D eigenvalue weighted by Crippen LogP contribution is -1.93. The maximum absolute atomic E-state index is 9.64. The average Bonchev–Trinajstić information content (AvgIpc) is 3.75. The lowest BCUT2D eigenvalue weighted by Gasteiger charge is -2.20. The van der Waals surface area contributed by atoms with Gasteiger partial charge in [-0.25, -0.2) is 0 Å². The first-order valence-electron chi connectivity index (χ1n) is 24.4. The standard InChI is InChI=1S/C54H34O/c1-3-16-35(17-4-1)37-21-15-22-39(32-37)42-30-31-50-54(47-28-13-14-29-49(47)55-50)52(42)40-33-38-20-7-8-23-41(38)48(34-40)53-45-26-11-9-24-43(45)51(36-18-5-2-6-19-36)44-25-10-12-27-46(44)53/h1-34H/i2D,5D,6D,9D,10D,11D,12D,18D,19D,24D,25D,26D,27D. The van der Waals surface area contributed by atoms with Crippen LogP contribution in [0.4, 0.5) is 0 Å². The molecule has 0 radical (unpaired) electrons. The van der Waals surface area contributed by atoms with Crippen LogP contribution >= 0.6 is 0 Å². The zero-order valence-corrected chi connectivity index (χ0v) is 29.0. The summed E-state index contributed by atoms with van der Waals surface area (Å²) in [7, 11) is 0. The van der Waals surface area contributed by atoms with Crippen LogP contribution in [-0.2, 0) is 0 Å². The SMILES string of the molecule is [2H]c1c([2H])c([2H])c(-c2c3c([2H])c([2H])c([2H])c([2H])c3c(-c3cc(-c4c(-c5cccc(-c6ccccc6)c5)ccc5oc6ccccc6c45)cc4ccccc34)c3c([2H])c([2H])c([2H])c([2H])c23)c([2H])c1[2H]. The van der Waals surface area contributed by atoms with Gasteiger partial charge in [0.05, 0.1) is 17.8 Å². The van der Waals surface area contributed by atoms with E-state index in [1.54, 1.807) is 0 Å². The van der Waals surface area contributed by atoms with Gasteiger partial charge in [0.1, 0.15) is 11.2 Å². The van der Waals surface area contributed by atoms with E-state index < -0.39 is 84.1 Å². The molecule has 0 fully saturated rings. The third kappa shape index (κ3) is 5.09. The zero-order valence-electron chi connectivity index (χ0n) is 42.0. The summed E-state index contributed by atoms with van der Waals surface area (Å²) in [6.07, 6.45) is 0. The predicted octanol–water partition coefficient (Wildman–Crippen LogP) is 15.4. The van der Waals surface area contributed by atoms with E-state index in [2.05, 4.69) is 6.07 Å². The van der Waals surface area contributed by atoms with Crippen molar-refractivity contribution < 1.29 is 22.2 Å². The molecule has 0 N–H and O–H groups in total. The highest BCUT2D eigenvalue weighted by Gasteiger charge is 2.22. The first-order valence-corrected chi connectivity index (χ1v) is 17.9. The van der Waals surface area contributed by atoms with Crippen LogP contribution in [0.3, 0.4) is 0 Å². The molecule has 1 nitrogen and oxygen atoms in total. The van der Waals surface area contributed by atoms with Crippen molar-refractivity contribution in [2.75, 3.05) is 0 Å². The van der Waals surface area contributed by atoms with Gasteiger partial charge < -0.3 is 4.42 Å². The van der Waals surface area contributed by atoms with Crippen LogP contribution in [0.5, 0.6) is 0 Å². The van der Waals surface area contributed by atoms with Crippen molar-refractivity contribution in [3.05, 3.63) is 206 Å². The molecule has 11 aromatic rings. The zero-order chi connectivity index (χ0) is 47.6. The minimum atomic E-state index is -0.724. The van der Waals surface area contributed by atoms with E-state index in [4.69, 9.17) is 16.8 Å². The second-order valence-corrected chi connectivity index (χ2v) is 13.4.